The first-order chi connectivity index (χ1) is 8.71. The Labute approximate surface area is 125 Å². The molecule has 8 heteroatoms. The predicted octanol–water partition coefficient (Wildman–Crippen LogP) is 2.99. The van der Waals surface area contributed by atoms with E-state index >= 15 is 0 Å². The molecule has 0 saturated heterocycles. The minimum absolute atomic E-state index is 0.0423. The Balaban J connectivity index is 3.19. The van der Waals surface area contributed by atoms with E-state index in [0.717, 1.165) is 0 Å². The second kappa shape index (κ2) is 6.15. The van der Waals surface area contributed by atoms with E-state index in [4.69, 9.17) is 11.5 Å². The molecule has 1 aromatic rings. The Morgan fingerprint density at radius 1 is 1.47 bits per heavy atom. The van der Waals surface area contributed by atoms with Crippen molar-refractivity contribution in [3.05, 3.63) is 26.6 Å². The van der Waals surface area contributed by atoms with Gasteiger partial charge in [0.2, 0.25) is 0 Å². The van der Waals surface area contributed by atoms with Gasteiger partial charge < -0.3 is 16.2 Å². The number of halogens is 4. The summed E-state index contributed by atoms with van der Waals surface area (Å²) in [7, 11) is 0. The number of ether oxygens (including phenoxy) is 1. The quantitative estimate of drug-likeness (QED) is 0.600. The van der Waals surface area contributed by atoms with E-state index in [1.807, 2.05) is 0 Å². The molecule has 0 saturated carbocycles. The van der Waals surface area contributed by atoms with E-state index < -0.39 is 17.9 Å². The fourth-order valence-electron chi connectivity index (χ4n) is 1.41. The number of anilines is 1. The topological polar surface area (TPSA) is 78.3 Å². The second-order valence-electron chi connectivity index (χ2n) is 3.71. The lowest BCUT2D eigenvalue weighted by molar-refractivity contribution is -0.174. The fourth-order valence-corrected chi connectivity index (χ4v) is 2.67. The van der Waals surface area contributed by atoms with Gasteiger partial charge in [0.05, 0.1) is 12.3 Å². The van der Waals surface area contributed by atoms with E-state index in [9.17, 15) is 13.6 Å². The zero-order valence-electron chi connectivity index (χ0n) is 9.92. The fraction of sp³-hybridized carbons (Fsp3) is 0.364. The molecule has 0 aliphatic heterocycles. The third-order valence-electron chi connectivity index (χ3n) is 2.40. The number of benzene rings is 1. The van der Waals surface area contributed by atoms with Crippen molar-refractivity contribution in [2.24, 2.45) is 5.73 Å². The van der Waals surface area contributed by atoms with Crippen LogP contribution in [0.15, 0.2) is 21.1 Å². The van der Waals surface area contributed by atoms with Gasteiger partial charge in [-0.25, -0.2) is 4.79 Å². The molecule has 1 rings (SSSR count). The highest BCUT2D eigenvalue weighted by Gasteiger charge is 2.48. The third kappa shape index (κ3) is 3.43. The Morgan fingerprint density at radius 2 is 2.05 bits per heavy atom. The van der Waals surface area contributed by atoms with Gasteiger partial charge in [-0.2, -0.15) is 8.78 Å². The minimum Gasteiger partial charge on any atom is -0.462 e. The molecule has 0 aromatic heterocycles. The smallest absolute Gasteiger partial charge is 0.379 e. The number of hydrogen-bond donors (Lipinski definition) is 2. The lowest BCUT2D eigenvalue weighted by atomic mass is 10.00. The van der Waals surface area contributed by atoms with Crippen molar-refractivity contribution in [2.45, 2.75) is 18.9 Å². The minimum atomic E-state index is -3.86. The van der Waals surface area contributed by atoms with Gasteiger partial charge in [-0.3, -0.25) is 0 Å². The van der Waals surface area contributed by atoms with Crippen molar-refractivity contribution in [1.29, 1.82) is 0 Å². The van der Waals surface area contributed by atoms with Crippen molar-refractivity contribution in [3.8, 4) is 0 Å². The number of alkyl halides is 2. The van der Waals surface area contributed by atoms with Crippen molar-refractivity contribution >= 4 is 43.5 Å². The second-order valence-corrected chi connectivity index (χ2v) is 5.48. The van der Waals surface area contributed by atoms with Crippen LogP contribution in [0.4, 0.5) is 14.5 Å². The number of nitrogen functional groups attached to an aromatic ring is 1. The molecule has 0 bridgehead atoms. The summed E-state index contributed by atoms with van der Waals surface area (Å²) in [6, 6.07) is 1.05. The van der Waals surface area contributed by atoms with E-state index in [-0.39, 0.29) is 17.9 Å². The van der Waals surface area contributed by atoms with Gasteiger partial charge in [0, 0.05) is 14.5 Å². The summed E-state index contributed by atoms with van der Waals surface area (Å²) in [5.74, 6) is -5.53. The molecular weight excluding hydrogens is 390 g/mol. The molecule has 0 heterocycles. The molecule has 0 amide bonds. The Morgan fingerprint density at radius 3 is 2.58 bits per heavy atom. The zero-order valence-corrected chi connectivity index (χ0v) is 13.1. The summed E-state index contributed by atoms with van der Waals surface area (Å²) in [5, 5.41) is 0. The van der Waals surface area contributed by atoms with Gasteiger partial charge in [0.15, 0.2) is 0 Å². The first kappa shape index (κ1) is 16.3. The van der Waals surface area contributed by atoms with Crippen LogP contribution in [0.25, 0.3) is 0 Å². The van der Waals surface area contributed by atoms with Crippen LogP contribution < -0.4 is 11.5 Å². The van der Waals surface area contributed by atoms with Crippen molar-refractivity contribution in [2.75, 3.05) is 12.3 Å². The molecule has 0 radical (unpaired) electrons. The zero-order chi connectivity index (χ0) is 14.8. The summed E-state index contributed by atoms with van der Waals surface area (Å²) >= 11 is 6.28. The van der Waals surface area contributed by atoms with E-state index in [0.29, 0.717) is 8.95 Å². The molecule has 106 valence electrons. The van der Waals surface area contributed by atoms with Gasteiger partial charge >= 0.3 is 11.9 Å². The Bertz CT molecular complexity index is 498. The van der Waals surface area contributed by atoms with Crippen molar-refractivity contribution in [3.63, 3.8) is 0 Å². The van der Waals surface area contributed by atoms with Crippen LogP contribution in [-0.2, 0) is 9.53 Å². The van der Waals surface area contributed by atoms with Crippen molar-refractivity contribution in [1.82, 2.24) is 0 Å². The normalized spacial score (nSPS) is 13.2. The van der Waals surface area contributed by atoms with E-state index in [1.54, 1.807) is 6.07 Å². The molecule has 0 unspecified atom stereocenters. The molecule has 19 heavy (non-hydrogen) atoms. The standard InChI is InChI=1S/C11H12Br2F2N2O2/c1-2-19-10(18)11(14,15)9(17)6-3-5(12)4-7(13)8(6)16/h3-4,9H,2,16-17H2,1H3/t9-/m0/s1. The molecule has 0 spiro atoms. The molecule has 0 aliphatic carbocycles. The molecule has 4 N–H and O–H groups in total. The average Bonchev–Trinajstić information content (AvgIpc) is 2.33. The summed E-state index contributed by atoms with van der Waals surface area (Å²) in [6.07, 6.45) is 0. The maximum Gasteiger partial charge on any atom is 0.379 e. The molecule has 0 fully saturated rings. The molecule has 1 aromatic carbocycles. The van der Waals surface area contributed by atoms with Crippen LogP contribution in [0.1, 0.15) is 18.5 Å². The number of esters is 1. The highest BCUT2D eigenvalue weighted by atomic mass is 79.9. The van der Waals surface area contributed by atoms with Crippen LogP contribution in [-0.4, -0.2) is 18.5 Å². The number of rotatable bonds is 4. The summed E-state index contributed by atoms with van der Waals surface area (Å²) < 4.78 is 32.9. The number of nitrogens with two attached hydrogens (primary N) is 2. The SMILES string of the molecule is CCOC(=O)C(F)(F)[C@@H](N)c1cc(Br)cc(Br)c1N. The first-order valence-corrected chi connectivity index (χ1v) is 6.85. The monoisotopic (exact) mass is 400 g/mol. The number of hydrogen-bond acceptors (Lipinski definition) is 4. The van der Waals surface area contributed by atoms with Crippen LogP contribution in [0.2, 0.25) is 0 Å². The lowest BCUT2D eigenvalue weighted by Crippen LogP contribution is -2.42. The molecular formula is C11H12Br2F2N2O2. The molecule has 1 atom stereocenters. The lowest BCUT2D eigenvalue weighted by Gasteiger charge is -2.23. The van der Waals surface area contributed by atoms with Gasteiger partial charge in [-0.1, -0.05) is 15.9 Å². The van der Waals surface area contributed by atoms with Gasteiger partial charge in [0.1, 0.15) is 6.04 Å². The van der Waals surface area contributed by atoms with Crippen LogP contribution in [0.5, 0.6) is 0 Å². The first-order valence-electron chi connectivity index (χ1n) is 5.26. The number of carbonyl (C=O) groups is 1. The van der Waals surface area contributed by atoms with Gasteiger partial charge in [-0.05, 0) is 35.0 Å². The maximum atomic E-state index is 13.8. The summed E-state index contributed by atoms with van der Waals surface area (Å²) in [6.45, 7) is 1.28. The van der Waals surface area contributed by atoms with E-state index in [2.05, 4.69) is 36.6 Å². The third-order valence-corrected chi connectivity index (χ3v) is 3.51. The Kier molecular flexibility index (Phi) is 5.28. The van der Waals surface area contributed by atoms with Crippen molar-refractivity contribution < 1.29 is 18.3 Å². The predicted molar refractivity (Wildman–Crippen MR) is 74.8 cm³/mol. The molecule has 4 nitrogen and oxygen atoms in total. The van der Waals surface area contributed by atoms with E-state index in [1.165, 1.54) is 13.0 Å². The van der Waals surface area contributed by atoms with Gasteiger partial charge in [-0.15, -0.1) is 0 Å². The molecule has 0 aliphatic rings. The summed E-state index contributed by atoms with van der Waals surface area (Å²) in [5.41, 5.74) is 11.2. The average molecular weight is 402 g/mol. The highest BCUT2D eigenvalue weighted by molar-refractivity contribution is 9.11. The Hall–Kier alpha value is -0.730. The maximum absolute atomic E-state index is 13.8. The van der Waals surface area contributed by atoms with Crippen LogP contribution in [0.3, 0.4) is 0 Å². The van der Waals surface area contributed by atoms with Gasteiger partial charge in [0.25, 0.3) is 0 Å². The highest BCUT2D eigenvalue weighted by Crippen LogP contribution is 2.38. The van der Waals surface area contributed by atoms with Crippen LogP contribution in [0, 0.1) is 0 Å². The van der Waals surface area contributed by atoms with Crippen LogP contribution >= 0.6 is 31.9 Å². The number of carbonyl (C=O) groups excluding carboxylic acids is 1. The summed E-state index contributed by atoms with van der Waals surface area (Å²) in [4.78, 5) is 11.2. The largest absolute Gasteiger partial charge is 0.462 e.